The summed E-state index contributed by atoms with van der Waals surface area (Å²) >= 11 is 0. The number of aryl methyl sites for hydroxylation is 1. The summed E-state index contributed by atoms with van der Waals surface area (Å²) in [4.78, 5) is 12.1. The van der Waals surface area contributed by atoms with Crippen molar-refractivity contribution in [3.05, 3.63) is 23.7 Å². The van der Waals surface area contributed by atoms with Gasteiger partial charge in [0.05, 0.1) is 31.4 Å². The number of hydrogen-bond donors (Lipinski definition) is 2. The molecule has 0 saturated carbocycles. The van der Waals surface area contributed by atoms with Gasteiger partial charge in [-0.05, 0) is 18.9 Å². The van der Waals surface area contributed by atoms with E-state index in [0.29, 0.717) is 13.0 Å². The molecule has 2 N–H and O–H groups in total. The van der Waals surface area contributed by atoms with Crippen LogP contribution < -0.4 is 10.6 Å². The van der Waals surface area contributed by atoms with Crippen LogP contribution >= 0.6 is 0 Å². The molecule has 1 aromatic rings. The van der Waals surface area contributed by atoms with Crippen LogP contribution in [-0.4, -0.2) is 31.7 Å². The zero-order valence-corrected chi connectivity index (χ0v) is 11.0. The van der Waals surface area contributed by atoms with Crippen molar-refractivity contribution in [1.82, 2.24) is 10.6 Å². The van der Waals surface area contributed by atoms with Gasteiger partial charge in [-0.25, -0.2) is 0 Å². The third kappa shape index (κ3) is 2.98. The van der Waals surface area contributed by atoms with E-state index in [0.717, 1.165) is 43.7 Å². The molecule has 0 spiro atoms. The van der Waals surface area contributed by atoms with Gasteiger partial charge < -0.3 is 19.8 Å². The molecule has 1 saturated heterocycles. The van der Waals surface area contributed by atoms with Crippen LogP contribution in [0.4, 0.5) is 0 Å². The van der Waals surface area contributed by atoms with Gasteiger partial charge in [-0.1, -0.05) is 0 Å². The number of amides is 1. The highest BCUT2D eigenvalue weighted by Gasteiger charge is 2.25. The average molecular weight is 264 g/mol. The van der Waals surface area contributed by atoms with Crippen molar-refractivity contribution in [2.24, 2.45) is 0 Å². The zero-order valence-electron chi connectivity index (χ0n) is 11.0. The highest BCUT2D eigenvalue weighted by atomic mass is 16.5. The quantitative estimate of drug-likeness (QED) is 0.859. The van der Waals surface area contributed by atoms with Gasteiger partial charge in [0.2, 0.25) is 5.91 Å². The summed E-state index contributed by atoms with van der Waals surface area (Å²) in [6.45, 7) is 2.32. The molecular formula is C14H20N2O3. The van der Waals surface area contributed by atoms with Crippen LogP contribution in [0.3, 0.4) is 0 Å². The van der Waals surface area contributed by atoms with E-state index in [9.17, 15) is 4.79 Å². The molecule has 5 nitrogen and oxygen atoms in total. The van der Waals surface area contributed by atoms with Gasteiger partial charge in [-0.2, -0.15) is 0 Å². The van der Waals surface area contributed by atoms with Gasteiger partial charge in [0.25, 0.3) is 0 Å². The number of ether oxygens (including phenoxy) is 1. The molecule has 19 heavy (non-hydrogen) atoms. The molecule has 2 atom stereocenters. The molecule has 5 heteroatoms. The molecule has 0 bridgehead atoms. The van der Waals surface area contributed by atoms with Crippen molar-refractivity contribution in [3.63, 3.8) is 0 Å². The fraction of sp³-hybridized carbons (Fsp3) is 0.643. The number of rotatable bonds is 3. The predicted molar refractivity (Wildman–Crippen MR) is 69.8 cm³/mol. The maximum atomic E-state index is 12.1. The minimum Gasteiger partial charge on any atom is -0.469 e. The number of nitrogens with one attached hydrogen (secondary N) is 2. The number of furan rings is 1. The smallest absolute Gasteiger partial charge is 0.223 e. The van der Waals surface area contributed by atoms with Crippen LogP contribution in [0, 0.1) is 0 Å². The molecule has 1 amide bonds. The van der Waals surface area contributed by atoms with Gasteiger partial charge in [0.1, 0.15) is 5.76 Å². The van der Waals surface area contributed by atoms with Crippen molar-refractivity contribution >= 4 is 5.91 Å². The molecule has 2 aliphatic rings. The second kappa shape index (κ2) is 5.75. The summed E-state index contributed by atoms with van der Waals surface area (Å²) in [7, 11) is 0. The third-order valence-electron chi connectivity index (χ3n) is 3.80. The first-order valence-electron chi connectivity index (χ1n) is 7.01. The number of hydrogen-bond acceptors (Lipinski definition) is 4. The normalized spacial score (nSPS) is 26.7. The van der Waals surface area contributed by atoms with Gasteiger partial charge in [0, 0.05) is 25.1 Å². The summed E-state index contributed by atoms with van der Waals surface area (Å²) in [6.07, 6.45) is 5.17. The number of carbonyl (C=O) groups excluding carboxylic acids is 1. The van der Waals surface area contributed by atoms with Crippen molar-refractivity contribution in [3.8, 4) is 0 Å². The Kier molecular flexibility index (Phi) is 3.84. The van der Waals surface area contributed by atoms with Crippen molar-refractivity contribution in [1.29, 1.82) is 0 Å². The van der Waals surface area contributed by atoms with Gasteiger partial charge in [-0.15, -0.1) is 0 Å². The lowest BCUT2D eigenvalue weighted by Gasteiger charge is -2.26. The minimum absolute atomic E-state index is 0.00107. The molecule has 3 rings (SSSR count). The first-order chi connectivity index (χ1) is 9.33. The van der Waals surface area contributed by atoms with E-state index in [2.05, 4.69) is 10.6 Å². The Balaban J connectivity index is 1.55. The average Bonchev–Trinajstić information content (AvgIpc) is 2.89. The first kappa shape index (κ1) is 12.7. The molecule has 0 aromatic carbocycles. The molecule has 1 aliphatic carbocycles. The molecule has 104 valence electrons. The van der Waals surface area contributed by atoms with Crippen LogP contribution in [0.5, 0.6) is 0 Å². The van der Waals surface area contributed by atoms with E-state index in [1.54, 1.807) is 6.26 Å². The third-order valence-corrected chi connectivity index (χ3v) is 3.80. The highest BCUT2D eigenvalue weighted by Crippen LogP contribution is 2.30. The zero-order chi connectivity index (χ0) is 13.1. The van der Waals surface area contributed by atoms with E-state index in [-0.39, 0.29) is 18.1 Å². The summed E-state index contributed by atoms with van der Waals surface area (Å²) in [5.74, 6) is 1.08. The molecule has 2 unspecified atom stereocenters. The standard InChI is InChI=1S/C14H20N2O3/c17-14(8-10-9-15-5-7-18-10)16-12-2-1-3-13-11(12)4-6-19-13/h4,6,10,12,15H,1-3,5,7-9H2,(H,16,17). The van der Waals surface area contributed by atoms with Crippen LogP contribution in [0.2, 0.25) is 0 Å². The van der Waals surface area contributed by atoms with Crippen molar-refractivity contribution < 1.29 is 13.9 Å². The molecular weight excluding hydrogens is 244 g/mol. The largest absolute Gasteiger partial charge is 0.469 e. The fourth-order valence-corrected chi connectivity index (χ4v) is 2.85. The monoisotopic (exact) mass is 264 g/mol. The molecule has 1 aromatic heterocycles. The Hall–Kier alpha value is -1.33. The van der Waals surface area contributed by atoms with Crippen LogP contribution in [0.1, 0.15) is 36.6 Å². The lowest BCUT2D eigenvalue weighted by Crippen LogP contribution is -2.42. The minimum atomic E-state index is 0.00107. The second-order valence-electron chi connectivity index (χ2n) is 5.21. The van der Waals surface area contributed by atoms with Crippen LogP contribution in [0.15, 0.2) is 16.7 Å². The maximum absolute atomic E-state index is 12.1. The van der Waals surface area contributed by atoms with Crippen LogP contribution in [-0.2, 0) is 16.0 Å². The van der Waals surface area contributed by atoms with E-state index < -0.39 is 0 Å². The number of fused-ring (bicyclic) bond motifs is 1. The SMILES string of the molecule is O=C(CC1CNCCO1)NC1CCCc2occc21. The van der Waals surface area contributed by atoms with Crippen molar-refractivity contribution in [2.75, 3.05) is 19.7 Å². The fourth-order valence-electron chi connectivity index (χ4n) is 2.85. The lowest BCUT2D eigenvalue weighted by molar-refractivity contribution is -0.125. The summed E-state index contributed by atoms with van der Waals surface area (Å²) in [6, 6.07) is 2.07. The van der Waals surface area contributed by atoms with E-state index in [1.807, 2.05) is 6.07 Å². The Morgan fingerprint density at radius 2 is 2.47 bits per heavy atom. The van der Waals surface area contributed by atoms with E-state index >= 15 is 0 Å². The Labute approximate surface area is 112 Å². The van der Waals surface area contributed by atoms with Crippen molar-refractivity contribution in [2.45, 2.75) is 37.8 Å². The van der Waals surface area contributed by atoms with Crippen LogP contribution in [0.25, 0.3) is 0 Å². The first-order valence-corrected chi connectivity index (χ1v) is 7.01. The van der Waals surface area contributed by atoms with Gasteiger partial charge in [0.15, 0.2) is 0 Å². The highest BCUT2D eigenvalue weighted by molar-refractivity contribution is 5.77. The molecule has 0 radical (unpaired) electrons. The van der Waals surface area contributed by atoms with E-state index in [1.165, 1.54) is 0 Å². The predicted octanol–water partition coefficient (Wildman–Crippen LogP) is 1.15. The summed E-state index contributed by atoms with van der Waals surface area (Å²) in [5, 5.41) is 6.34. The lowest BCUT2D eigenvalue weighted by atomic mass is 9.93. The van der Waals surface area contributed by atoms with E-state index in [4.69, 9.17) is 9.15 Å². The Bertz CT molecular complexity index is 438. The molecule has 1 aliphatic heterocycles. The Morgan fingerprint density at radius 1 is 1.53 bits per heavy atom. The summed E-state index contributed by atoms with van der Waals surface area (Å²) < 4.78 is 11.0. The maximum Gasteiger partial charge on any atom is 0.223 e. The second-order valence-corrected chi connectivity index (χ2v) is 5.21. The topological polar surface area (TPSA) is 63.5 Å². The molecule has 1 fully saturated rings. The number of carbonyl (C=O) groups is 1. The van der Waals surface area contributed by atoms with Gasteiger partial charge >= 0.3 is 0 Å². The van der Waals surface area contributed by atoms with Gasteiger partial charge in [-0.3, -0.25) is 4.79 Å². The summed E-state index contributed by atoms with van der Waals surface area (Å²) in [5.41, 5.74) is 1.14. The molecule has 2 heterocycles. The Morgan fingerprint density at radius 3 is 3.32 bits per heavy atom. The number of morpholine rings is 1.